The van der Waals surface area contributed by atoms with Gasteiger partial charge in [-0.1, -0.05) is 24.3 Å². The highest BCUT2D eigenvalue weighted by Gasteiger charge is 2.12. The maximum absolute atomic E-state index is 10.7. The van der Waals surface area contributed by atoms with Crippen LogP contribution in [0, 0.1) is 0 Å². The van der Waals surface area contributed by atoms with Gasteiger partial charge >= 0.3 is 6.01 Å². The number of anilines is 1. The van der Waals surface area contributed by atoms with Crippen molar-refractivity contribution >= 4 is 23.3 Å². The van der Waals surface area contributed by atoms with Crippen molar-refractivity contribution < 1.29 is 9.53 Å². The lowest BCUT2D eigenvalue weighted by atomic mass is 10.1. The van der Waals surface area contributed by atoms with E-state index in [9.17, 15) is 4.79 Å². The Morgan fingerprint density at radius 2 is 2.05 bits per heavy atom. The number of rotatable bonds is 5. The van der Waals surface area contributed by atoms with Gasteiger partial charge in [-0.3, -0.25) is 4.79 Å². The fourth-order valence-corrected chi connectivity index (χ4v) is 2.15. The first kappa shape index (κ1) is 14.0. The van der Waals surface area contributed by atoms with E-state index < -0.39 is 0 Å². The largest absolute Gasteiger partial charge is 0.464 e. The monoisotopic (exact) mass is 297 g/mol. The number of aromatic nitrogens is 4. The molecule has 112 valence electrons. The number of nitrogen functional groups attached to an aromatic ring is 1. The molecular weight excluding hydrogens is 282 g/mol. The maximum Gasteiger partial charge on any atom is 0.320 e. The second kappa shape index (κ2) is 5.80. The average Bonchev–Trinajstić information content (AvgIpc) is 2.92. The van der Waals surface area contributed by atoms with Crippen molar-refractivity contribution in [3.8, 4) is 6.01 Å². The van der Waals surface area contributed by atoms with Gasteiger partial charge in [0.1, 0.15) is 6.29 Å². The molecule has 7 nitrogen and oxygen atoms in total. The maximum atomic E-state index is 10.7. The Morgan fingerprint density at radius 3 is 2.73 bits per heavy atom. The molecule has 3 aromatic rings. The van der Waals surface area contributed by atoms with Crippen LogP contribution in [-0.2, 0) is 6.54 Å². The molecule has 0 amide bonds. The summed E-state index contributed by atoms with van der Waals surface area (Å²) >= 11 is 0. The van der Waals surface area contributed by atoms with Crippen LogP contribution in [0.15, 0.2) is 30.6 Å². The molecule has 22 heavy (non-hydrogen) atoms. The first-order valence-corrected chi connectivity index (χ1v) is 6.86. The molecule has 0 saturated heterocycles. The van der Waals surface area contributed by atoms with E-state index in [1.54, 1.807) is 18.5 Å². The van der Waals surface area contributed by atoms with Gasteiger partial charge in [-0.25, -0.2) is 4.98 Å². The summed E-state index contributed by atoms with van der Waals surface area (Å²) < 4.78 is 7.18. The minimum Gasteiger partial charge on any atom is -0.464 e. The van der Waals surface area contributed by atoms with Gasteiger partial charge in [0.05, 0.1) is 19.5 Å². The van der Waals surface area contributed by atoms with E-state index in [1.807, 2.05) is 23.6 Å². The van der Waals surface area contributed by atoms with E-state index in [4.69, 9.17) is 10.5 Å². The summed E-state index contributed by atoms with van der Waals surface area (Å²) in [6.45, 7) is 2.89. The van der Waals surface area contributed by atoms with E-state index in [0.717, 1.165) is 11.8 Å². The zero-order valence-electron chi connectivity index (χ0n) is 12.1. The molecule has 0 radical (unpaired) electrons. The lowest BCUT2D eigenvalue weighted by molar-refractivity contribution is 0.112. The quantitative estimate of drug-likeness (QED) is 0.720. The summed E-state index contributed by atoms with van der Waals surface area (Å²) in [5, 5.41) is 0. The van der Waals surface area contributed by atoms with E-state index in [-0.39, 0.29) is 6.01 Å². The molecule has 0 atom stereocenters. The first-order valence-electron chi connectivity index (χ1n) is 6.86. The Labute approximate surface area is 126 Å². The van der Waals surface area contributed by atoms with Gasteiger partial charge in [-0.15, -0.1) is 0 Å². The number of nitrogens with two attached hydrogens (primary N) is 1. The lowest BCUT2D eigenvalue weighted by Crippen LogP contribution is -2.04. The summed E-state index contributed by atoms with van der Waals surface area (Å²) in [6.07, 6.45) is 2.48. The van der Waals surface area contributed by atoms with Crippen molar-refractivity contribution in [2.24, 2.45) is 0 Å². The summed E-state index contributed by atoms with van der Waals surface area (Å²) in [7, 11) is 0. The molecular formula is C15H15N5O2. The fourth-order valence-electron chi connectivity index (χ4n) is 2.15. The van der Waals surface area contributed by atoms with Crippen LogP contribution in [0.3, 0.4) is 0 Å². The Kier molecular flexibility index (Phi) is 3.69. The number of hydrogen-bond donors (Lipinski definition) is 1. The van der Waals surface area contributed by atoms with E-state index >= 15 is 0 Å². The Balaban J connectivity index is 1.97. The van der Waals surface area contributed by atoms with Crippen molar-refractivity contribution in [3.05, 3.63) is 41.7 Å². The number of nitrogens with zero attached hydrogens (tertiary/aromatic N) is 4. The van der Waals surface area contributed by atoms with E-state index in [0.29, 0.717) is 35.7 Å². The van der Waals surface area contributed by atoms with Crippen LogP contribution < -0.4 is 10.5 Å². The number of hydrogen-bond acceptors (Lipinski definition) is 6. The van der Waals surface area contributed by atoms with Gasteiger partial charge in [0.2, 0.25) is 0 Å². The van der Waals surface area contributed by atoms with Crippen molar-refractivity contribution in [1.82, 2.24) is 19.5 Å². The zero-order valence-corrected chi connectivity index (χ0v) is 12.1. The van der Waals surface area contributed by atoms with E-state index in [2.05, 4.69) is 15.0 Å². The smallest absolute Gasteiger partial charge is 0.320 e. The minimum absolute atomic E-state index is 0.241. The molecule has 0 bridgehead atoms. The van der Waals surface area contributed by atoms with Crippen LogP contribution in [0.2, 0.25) is 0 Å². The third kappa shape index (κ3) is 2.60. The van der Waals surface area contributed by atoms with Crippen molar-refractivity contribution in [3.63, 3.8) is 0 Å². The minimum atomic E-state index is 0.241. The topological polar surface area (TPSA) is 95.9 Å². The third-order valence-electron chi connectivity index (χ3n) is 3.21. The SMILES string of the molecule is CCOc1nc(N)c2ncn(Cc3ccc(C=O)cc3)c2n1. The van der Waals surface area contributed by atoms with E-state index in [1.165, 1.54) is 0 Å². The van der Waals surface area contributed by atoms with Crippen LogP contribution in [0.5, 0.6) is 6.01 Å². The molecule has 0 aliphatic carbocycles. The summed E-state index contributed by atoms with van der Waals surface area (Å²) in [4.78, 5) is 23.3. The van der Waals surface area contributed by atoms with Crippen LogP contribution >= 0.6 is 0 Å². The van der Waals surface area contributed by atoms with Crippen LogP contribution in [0.1, 0.15) is 22.8 Å². The molecule has 2 heterocycles. The molecule has 7 heteroatoms. The number of imidazole rings is 1. The Bertz CT molecular complexity index is 811. The molecule has 0 saturated carbocycles. The molecule has 2 N–H and O–H groups in total. The fraction of sp³-hybridized carbons (Fsp3) is 0.200. The summed E-state index contributed by atoms with van der Waals surface area (Å²) in [5.74, 6) is 0.295. The predicted octanol–water partition coefficient (Wildman–Crippen LogP) is 1.67. The van der Waals surface area contributed by atoms with Gasteiger partial charge in [0, 0.05) is 5.56 Å². The second-order valence-corrected chi connectivity index (χ2v) is 4.73. The molecule has 0 aliphatic rings. The first-order chi connectivity index (χ1) is 10.7. The Morgan fingerprint density at radius 1 is 1.27 bits per heavy atom. The molecule has 0 spiro atoms. The summed E-state index contributed by atoms with van der Waals surface area (Å²) in [5.41, 5.74) is 8.73. The highest BCUT2D eigenvalue weighted by atomic mass is 16.5. The standard InChI is InChI=1S/C15H15N5O2/c1-2-22-15-18-13(16)12-14(19-15)20(9-17-12)7-10-3-5-11(8-21)6-4-10/h3-6,8-9H,2,7H2,1H3,(H2,16,18,19). The van der Waals surface area contributed by atoms with Crippen LogP contribution in [0.4, 0.5) is 5.82 Å². The lowest BCUT2D eigenvalue weighted by Gasteiger charge is -2.06. The number of ether oxygens (including phenoxy) is 1. The van der Waals surface area contributed by atoms with Gasteiger partial charge in [0.25, 0.3) is 0 Å². The van der Waals surface area contributed by atoms with Crippen LogP contribution in [0.25, 0.3) is 11.2 Å². The van der Waals surface area contributed by atoms with Crippen molar-refractivity contribution in [1.29, 1.82) is 0 Å². The number of carbonyl (C=O) groups is 1. The van der Waals surface area contributed by atoms with Gasteiger partial charge in [-0.2, -0.15) is 9.97 Å². The highest BCUT2D eigenvalue weighted by molar-refractivity contribution is 5.82. The molecule has 0 fully saturated rings. The number of benzene rings is 1. The van der Waals surface area contributed by atoms with Gasteiger partial charge < -0.3 is 15.0 Å². The molecule has 2 aromatic heterocycles. The highest BCUT2D eigenvalue weighted by Crippen LogP contribution is 2.20. The normalized spacial score (nSPS) is 10.8. The van der Waals surface area contributed by atoms with Gasteiger partial charge in [0.15, 0.2) is 17.0 Å². The number of fused-ring (bicyclic) bond motifs is 1. The van der Waals surface area contributed by atoms with Gasteiger partial charge in [-0.05, 0) is 12.5 Å². The van der Waals surface area contributed by atoms with Crippen molar-refractivity contribution in [2.75, 3.05) is 12.3 Å². The molecule has 3 rings (SSSR count). The average molecular weight is 297 g/mol. The molecule has 0 unspecified atom stereocenters. The summed E-state index contributed by atoms with van der Waals surface area (Å²) in [6, 6.07) is 7.57. The number of aldehydes is 1. The Hall–Kier alpha value is -2.96. The second-order valence-electron chi connectivity index (χ2n) is 4.73. The molecule has 1 aromatic carbocycles. The zero-order chi connectivity index (χ0) is 15.5. The molecule has 0 aliphatic heterocycles. The third-order valence-corrected chi connectivity index (χ3v) is 3.21. The predicted molar refractivity (Wildman–Crippen MR) is 81.8 cm³/mol. The van der Waals surface area contributed by atoms with Crippen molar-refractivity contribution in [2.45, 2.75) is 13.5 Å². The van der Waals surface area contributed by atoms with Crippen LogP contribution in [-0.4, -0.2) is 32.4 Å². The number of carbonyl (C=O) groups excluding carboxylic acids is 1.